The molecule has 0 aliphatic heterocycles. The molecule has 0 aromatic heterocycles. The smallest absolute Gasteiger partial charge is 0.185 e. The van der Waals surface area contributed by atoms with Gasteiger partial charge in [0.1, 0.15) is 0 Å². The van der Waals surface area contributed by atoms with E-state index in [1.807, 2.05) is 0 Å². The Bertz CT molecular complexity index is 97.5. The summed E-state index contributed by atoms with van der Waals surface area (Å²) < 4.78 is 0. The molecule has 5 N–H and O–H groups in total. The fourth-order valence-electron chi connectivity index (χ4n) is 0. The molecule has 9 heavy (non-hydrogen) atoms. The molecule has 0 aromatic carbocycles. The Morgan fingerprint density at radius 3 is 1.44 bits per heavy atom. The second-order valence-corrected chi connectivity index (χ2v) is 1.65. The summed E-state index contributed by atoms with van der Waals surface area (Å²) in [5.74, 6) is 0.130. The Morgan fingerprint density at radius 1 is 1.33 bits per heavy atom. The summed E-state index contributed by atoms with van der Waals surface area (Å²) in [7, 11) is 1.54. The molecule has 0 saturated heterocycles. The minimum Gasteiger partial charge on any atom is -0.370 e. The highest BCUT2D eigenvalue weighted by Gasteiger charge is 1.61. The highest BCUT2D eigenvalue weighted by molar-refractivity contribution is 5.75. The van der Waals surface area contributed by atoms with Crippen molar-refractivity contribution in [3.8, 4) is 0 Å². The zero-order chi connectivity index (χ0) is 7.86. The van der Waals surface area contributed by atoms with Gasteiger partial charge in [-0.1, -0.05) is 0 Å². The van der Waals surface area contributed by atoms with Crippen LogP contribution < -0.4 is 11.5 Å². The summed E-state index contributed by atoms with van der Waals surface area (Å²) in [5, 5.41) is 6.50. The third-order valence-corrected chi connectivity index (χ3v) is 0.258. The maximum atomic E-state index is 6.50. The Morgan fingerprint density at radius 2 is 1.44 bits per heavy atom. The lowest BCUT2D eigenvalue weighted by Crippen LogP contribution is -2.21. The van der Waals surface area contributed by atoms with Crippen molar-refractivity contribution in [3.05, 3.63) is 0 Å². The minimum absolute atomic E-state index is 0.130. The Balaban J connectivity index is 0. The highest BCUT2D eigenvalue weighted by atomic mass is 15.0. The van der Waals surface area contributed by atoms with E-state index in [2.05, 4.69) is 4.99 Å². The third-order valence-electron chi connectivity index (χ3n) is 0.258. The van der Waals surface area contributed by atoms with E-state index >= 15 is 0 Å². The molecule has 0 amide bonds. The molecule has 0 saturated carbocycles. The van der Waals surface area contributed by atoms with Gasteiger partial charge in [-0.2, -0.15) is 0 Å². The zero-order valence-electron chi connectivity index (χ0n) is 6.10. The van der Waals surface area contributed by atoms with Crippen LogP contribution in [0.5, 0.6) is 0 Å². The number of nitrogens with one attached hydrogen (secondary N) is 1. The van der Waals surface area contributed by atoms with Crippen LogP contribution in [0.2, 0.25) is 0 Å². The molecule has 0 aliphatic carbocycles. The third kappa shape index (κ3) is 192. The van der Waals surface area contributed by atoms with Crippen molar-refractivity contribution in [1.82, 2.24) is 0 Å². The first-order chi connectivity index (χ1) is 4.00. The number of hydrogen-bond acceptors (Lipinski definition) is 2. The van der Waals surface area contributed by atoms with E-state index < -0.39 is 0 Å². The number of hydrogen-bond donors (Lipinski definition) is 3. The maximum Gasteiger partial charge on any atom is 0.185 e. The van der Waals surface area contributed by atoms with Gasteiger partial charge in [0.25, 0.3) is 0 Å². The van der Waals surface area contributed by atoms with Gasteiger partial charge < -0.3 is 16.9 Å². The Kier molecular flexibility index (Phi) is 8.36. The predicted octanol–water partition coefficient (Wildman–Crippen LogP) is -0.0644. The van der Waals surface area contributed by atoms with Crippen molar-refractivity contribution in [3.63, 3.8) is 0 Å². The summed E-state index contributed by atoms with van der Waals surface area (Å²) in [5.41, 5.74) is 10.3. The second kappa shape index (κ2) is 6.94. The van der Waals surface area contributed by atoms with Crippen LogP contribution in [-0.2, 0) is 0 Å². The van der Waals surface area contributed by atoms with E-state index in [0.717, 1.165) is 0 Å². The lowest BCUT2D eigenvalue weighted by molar-refractivity contribution is 1.36. The number of nitrogens with two attached hydrogens (primary N) is 2. The van der Waals surface area contributed by atoms with Crippen LogP contribution in [0.25, 0.3) is 0 Å². The quantitative estimate of drug-likeness (QED) is 0.316. The molecule has 0 aliphatic rings. The van der Waals surface area contributed by atoms with E-state index in [-0.39, 0.29) is 5.96 Å². The van der Waals surface area contributed by atoms with Gasteiger partial charge in [-0.3, -0.25) is 4.99 Å². The summed E-state index contributed by atoms with van der Waals surface area (Å²) in [6.07, 6.45) is 0. The molecule has 4 nitrogen and oxygen atoms in total. The van der Waals surface area contributed by atoms with Crippen LogP contribution in [0, 0.1) is 5.41 Å². The summed E-state index contributed by atoms with van der Waals surface area (Å²) >= 11 is 0. The average molecular weight is 130 g/mol. The van der Waals surface area contributed by atoms with Gasteiger partial charge in [0, 0.05) is 12.8 Å². The molecule has 4 heteroatoms. The molecule has 0 spiro atoms. The molecular weight excluding hydrogens is 116 g/mol. The minimum atomic E-state index is 0.130. The average Bonchev–Trinajstić information content (AvgIpc) is 1.65. The Labute approximate surface area is 55.5 Å². The summed E-state index contributed by atoms with van der Waals surface area (Å²) in [6.45, 7) is 3.50. The van der Waals surface area contributed by atoms with Crippen molar-refractivity contribution >= 4 is 11.7 Å². The van der Waals surface area contributed by atoms with Crippen LogP contribution in [0.3, 0.4) is 0 Å². The highest BCUT2D eigenvalue weighted by Crippen LogP contribution is 1.52. The fraction of sp³-hybridized carbons (Fsp3) is 0.600. The molecule has 0 atom stereocenters. The maximum absolute atomic E-state index is 6.50. The van der Waals surface area contributed by atoms with E-state index in [0.29, 0.717) is 5.71 Å². The standard InChI is InChI=1S/C3H7N.C2H7N3/c1-3(2)4;1-5-2(3)4/h4H,1-2H3;1H3,(H4,3,4,5). The molecule has 0 unspecified atom stereocenters. The van der Waals surface area contributed by atoms with E-state index in [1.165, 1.54) is 7.05 Å². The molecular formula is C5H14N4. The molecule has 0 radical (unpaired) electrons. The van der Waals surface area contributed by atoms with Crippen molar-refractivity contribution < 1.29 is 0 Å². The first-order valence-electron chi connectivity index (χ1n) is 2.50. The van der Waals surface area contributed by atoms with Gasteiger partial charge in [-0.25, -0.2) is 0 Å². The topological polar surface area (TPSA) is 88.2 Å². The zero-order valence-corrected chi connectivity index (χ0v) is 6.10. The van der Waals surface area contributed by atoms with Gasteiger partial charge in [0.2, 0.25) is 0 Å². The van der Waals surface area contributed by atoms with Crippen LogP contribution in [0.15, 0.2) is 4.99 Å². The summed E-state index contributed by atoms with van der Waals surface area (Å²) in [4.78, 5) is 3.36. The largest absolute Gasteiger partial charge is 0.370 e. The number of guanidine groups is 1. The molecule has 54 valence electrons. The second-order valence-electron chi connectivity index (χ2n) is 1.65. The first kappa shape index (κ1) is 10.8. The van der Waals surface area contributed by atoms with E-state index in [1.54, 1.807) is 13.8 Å². The van der Waals surface area contributed by atoms with Gasteiger partial charge in [0.05, 0.1) is 0 Å². The van der Waals surface area contributed by atoms with Gasteiger partial charge in [-0.15, -0.1) is 0 Å². The molecule has 0 aromatic rings. The van der Waals surface area contributed by atoms with Crippen molar-refractivity contribution in [1.29, 1.82) is 5.41 Å². The van der Waals surface area contributed by atoms with E-state index in [4.69, 9.17) is 16.9 Å². The van der Waals surface area contributed by atoms with Gasteiger partial charge in [-0.05, 0) is 13.8 Å². The first-order valence-corrected chi connectivity index (χ1v) is 2.50. The normalized spacial score (nSPS) is 6.56. The number of nitrogens with zero attached hydrogens (tertiary/aromatic N) is 1. The van der Waals surface area contributed by atoms with Crippen molar-refractivity contribution in [2.75, 3.05) is 7.05 Å². The van der Waals surface area contributed by atoms with Crippen LogP contribution >= 0.6 is 0 Å². The number of aliphatic imine (C=N–C) groups is 1. The van der Waals surface area contributed by atoms with Crippen molar-refractivity contribution in [2.45, 2.75) is 13.8 Å². The van der Waals surface area contributed by atoms with Crippen LogP contribution in [-0.4, -0.2) is 18.7 Å². The molecule has 0 heterocycles. The molecule has 0 bridgehead atoms. The Hall–Kier alpha value is -1.06. The fourth-order valence-corrected chi connectivity index (χ4v) is 0. The number of rotatable bonds is 0. The SMILES string of the molecule is CC(C)=N.CN=C(N)N. The lowest BCUT2D eigenvalue weighted by Gasteiger charge is -1.77. The summed E-state index contributed by atoms with van der Waals surface area (Å²) in [6, 6.07) is 0. The van der Waals surface area contributed by atoms with Crippen molar-refractivity contribution in [2.24, 2.45) is 16.5 Å². The monoisotopic (exact) mass is 130 g/mol. The van der Waals surface area contributed by atoms with Crippen LogP contribution in [0.4, 0.5) is 0 Å². The van der Waals surface area contributed by atoms with Gasteiger partial charge >= 0.3 is 0 Å². The lowest BCUT2D eigenvalue weighted by atomic mass is 10.5. The van der Waals surface area contributed by atoms with Gasteiger partial charge in [0.15, 0.2) is 5.96 Å². The van der Waals surface area contributed by atoms with E-state index in [9.17, 15) is 0 Å². The van der Waals surface area contributed by atoms with Crippen LogP contribution in [0.1, 0.15) is 13.8 Å². The predicted molar refractivity (Wildman–Crippen MR) is 40.8 cm³/mol. The molecule has 0 fully saturated rings. The molecule has 0 rings (SSSR count).